The summed E-state index contributed by atoms with van der Waals surface area (Å²) in [5.41, 5.74) is 0.778. The minimum Gasteiger partial charge on any atom is -1.00 e. The minimum atomic E-state index is -0.610. The highest BCUT2D eigenvalue weighted by Crippen LogP contribution is 2.40. The van der Waals surface area contributed by atoms with E-state index in [0.717, 1.165) is 30.2 Å². The smallest absolute Gasteiger partial charge is 0.411 e. The molecule has 0 spiro atoms. The third-order valence-corrected chi connectivity index (χ3v) is 6.81. The Kier molecular flexibility index (Phi) is 6.75. The van der Waals surface area contributed by atoms with Crippen molar-refractivity contribution >= 4 is 23.4 Å². The topological polar surface area (TPSA) is 38.3 Å². The van der Waals surface area contributed by atoms with Crippen molar-refractivity contribution in [3.8, 4) is 11.1 Å². The van der Waals surface area contributed by atoms with Gasteiger partial charge in [-0.2, -0.15) is 0 Å². The second-order valence-electron chi connectivity index (χ2n) is 8.43. The number of carbonyl (C=O) groups is 1. The highest BCUT2D eigenvalue weighted by Gasteiger charge is 2.49. The van der Waals surface area contributed by atoms with E-state index in [1.807, 2.05) is 0 Å². The van der Waals surface area contributed by atoms with Gasteiger partial charge in [-0.15, -0.1) is 0 Å². The van der Waals surface area contributed by atoms with Crippen molar-refractivity contribution in [3.63, 3.8) is 0 Å². The first-order valence-corrected chi connectivity index (χ1v) is 10.2. The van der Waals surface area contributed by atoms with Gasteiger partial charge in [0.2, 0.25) is 0 Å². The Morgan fingerprint density at radius 1 is 1.10 bits per heavy atom. The Labute approximate surface area is 190 Å². The average molecular weight is 502 g/mol. The van der Waals surface area contributed by atoms with Crippen molar-refractivity contribution in [1.82, 2.24) is 0 Å². The van der Waals surface area contributed by atoms with E-state index in [4.69, 9.17) is 16.3 Å². The van der Waals surface area contributed by atoms with Gasteiger partial charge in [0, 0.05) is 31.2 Å². The number of rotatable bonds is 3. The van der Waals surface area contributed by atoms with Crippen LogP contribution in [0.1, 0.15) is 25.7 Å². The van der Waals surface area contributed by atoms with Crippen molar-refractivity contribution < 1.29 is 39.8 Å². The fourth-order valence-corrected chi connectivity index (χ4v) is 4.97. The number of hydrogen-bond donors (Lipinski definition) is 1. The van der Waals surface area contributed by atoms with Crippen molar-refractivity contribution in [3.05, 3.63) is 53.1 Å². The average Bonchev–Trinajstić information content (AvgIpc) is 2.82. The monoisotopic (exact) mass is 500 g/mol. The van der Waals surface area contributed by atoms with Crippen LogP contribution in [0.5, 0.6) is 0 Å². The standard InChI is InChI=1S/C22H23ClF2N2O2.BrH/c1-27(2)14-7-8-15(27)12-16(11-14)29-22(28)26-20-5-3-4-19(25)21(20)13-6-9-18(24)17(23)10-13;/h3-6,9-10,14-16H,7-8,11-12H2,1-2H3;1H/t14-,15+,16+;. The van der Waals surface area contributed by atoms with E-state index in [1.165, 1.54) is 30.3 Å². The molecule has 2 bridgehead atoms. The molecule has 2 aliphatic heterocycles. The zero-order valence-electron chi connectivity index (χ0n) is 16.8. The molecule has 2 saturated heterocycles. The summed E-state index contributed by atoms with van der Waals surface area (Å²) in [4.78, 5) is 12.5. The lowest BCUT2D eigenvalue weighted by Gasteiger charge is -2.43. The number of hydrogen-bond acceptors (Lipinski definition) is 2. The van der Waals surface area contributed by atoms with Gasteiger partial charge in [0.25, 0.3) is 0 Å². The van der Waals surface area contributed by atoms with Gasteiger partial charge in [-0.05, 0) is 29.8 Å². The Hall–Kier alpha value is -1.70. The van der Waals surface area contributed by atoms with E-state index >= 15 is 0 Å². The van der Waals surface area contributed by atoms with Crippen molar-refractivity contribution in [2.75, 3.05) is 19.4 Å². The fraction of sp³-hybridized carbons (Fsp3) is 0.409. The van der Waals surface area contributed by atoms with E-state index in [-0.39, 0.29) is 39.4 Å². The Morgan fingerprint density at radius 3 is 2.40 bits per heavy atom. The molecule has 0 aliphatic carbocycles. The first kappa shape index (κ1) is 23.0. The number of nitrogens with one attached hydrogen (secondary N) is 1. The SMILES string of the molecule is C[N+]1(C)[C@@H]2CC[C@H]1C[C@@H](OC(=O)Nc1cccc(F)c1-c1ccc(F)c(Cl)c1)C2.[Br-]. The van der Waals surface area contributed by atoms with Crippen LogP contribution in [0.25, 0.3) is 11.1 Å². The third kappa shape index (κ3) is 4.34. The molecule has 4 rings (SSSR count). The molecule has 0 radical (unpaired) electrons. The van der Waals surface area contributed by atoms with Gasteiger partial charge in [0.05, 0.1) is 36.9 Å². The molecular weight excluding hydrogens is 478 g/mol. The van der Waals surface area contributed by atoms with E-state index in [9.17, 15) is 13.6 Å². The second kappa shape index (κ2) is 8.81. The van der Waals surface area contributed by atoms with E-state index in [1.54, 1.807) is 6.07 Å². The number of nitrogens with zero attached hydrogens (tertiary/aromatic N) is 1. The Balaban J connectivity index is 0.00000256. The van der Waals surface area contributed by atoms with Crippen LogP contribution in [0.3, 0.4) is 0 Å². The lowest BCUT2D eigenvalue weighted by Crippen LogP contribution is -3.00. The molecule has 162 valence electrons. The van der Waals surface area contributed by atoms with Crippen LogP contribution in [0, 0.1) is 11.6 Å². The molecular formula is C22H24BrClF2N2O2. The molecule has 2 fully saturated rings. The van der Waals surface area contributed by atoms with Crippen LogP contribution in [0.15, 0.2) is 36.4 Å². The van der Waals surface area contributed by atoms with Crippen molar-refractivity contribution in [2.45, 2.75) is 43.9 Å². The number of benzene rings is 2. The largest absolute Gasteiger partial charge is 1.00 e. The third-order valence-electron chi connectivity index (χ3n) is 6.52. The van der Waals surface area contributed by atoms with Crippen LogP contribution < -0.4 is 22.3 Å². The highest BCUT2D eigenvalue weighted by atomic mass is 79.9. The lowest BCUT2D eigenvalue weighted by molar-refractivity contribution is -0.931. The van der Waals surface area contributed by atoms with Crippen molar-refractivity contribution in [2.24, 2.45) is 0 Å². The summed E-state index contributed by atoms with van der Waals surface area (Å²) >= 11 is 5.85. The number of ether oxygens (including phenoxy) is 1. The predicted octanol–water partition coefficient (Wildman–Crippen LogP) is 2.61. The summed E-state index contributed by atoms with van der Waals surface area (Å²) in [6.07, 6.45) is 3.22. The number of piperidine rings is 1. The van der Waals surface area contributed by atoms with Gasteiger partial charge in [-0.3, -0.25) is 5.32 Å². The molecule has 2 aromatic carbocycles. The quantitative estimate of drug-likeness (QED) is 0.657. The molecule has 0 aromatic heterocycles. The molecule has 1 amide bonds. The lowest BCUT2D eigenvalue weighted by atomic mass is 9.98. The van der Waals surface area contributed by atoms with Gasteiger partial charge in [-0.1, -0.05) is 23.7 Å². The summed E-state index contributed by atoms with van der Waals surface area (Å²) < 4.78 is 34.7. The molecule has 8 heteroatoms. The van der Waals surface area contributed by atoms with Gasteiger partial charge >= 0.3 is 6.09 Å². The number of carbonyl (C=O) groups excluding carboxylic acids is 1. The normalized spacial score (nSPS) is 24.1. The fourth-order valence-electron chi connectivity index (χ4n) is 4.79. The number of quaternary nitrogens is 1. The molecule has 3 atom stereocenters. The summed E-state index contributed by atoms with van der Waals surface area (Å²) in [5, 5.41) is 2.55. The van der Waals surface area contributed by atoms with Crippen molar-refractivity contribution in [1.29, 1.82) is 0 Å². The highest BCUT2D eigenvalue weighted by molar-refractivity contribution is 6.31. The summed E-state index contributed by atoms with van der Waals surface area (Å²) in [7, 11) is 4.48. The molecule has 2 heterocycles. The Bertz CT molecular complexity index is 941. The van der Waals surface area contributed by atoms with Crippen LogP contribution >= 0.6 is 11.6 Å². The van der Waals surface area contributed by atoms with Crippen LogP contribution in [-0.4, -0.2) is 42.9 Å². The Morgan fingerprint density at radius 2 is 1.77 bits per heavy atom. The maximum Gasteiger partial charge on any atom is 0.411 e. The zero-order valence-corrected chi connectivity index (χ0v) is 19.1. The molecule has 2 aliphatic rings. The predicted molar refractivity (Wildman–Crippen MR) is 109 cm³/mol. The minimum absolute atomic E-state index is 0. The van der Waals surface area contributed by atoms with Gasteiger partial charge in [-0.25, -0.2) is 13.6 Å². The van der Waals surface area contributed by atoms with E-state index < -0.39 is 17.7 Å². The summed E-state index contributed by atoms with van der Waals surface area (Å²) in [5.74, 6) is -1.13. The number of amides is 1. The van der Waals surface area contributed by atoms with Crippen LogP contribution in [0.2, 0.25) is 5.02 Å². The maximum absolute atomic E-state index is 14.5. The van der Waals surface area contributed by atoms with Crippen LogP contribution in [0.4, 0.5) is 19.3 Å². The van der Waals surface area contributed by atoms with Gasteiger partial charge in [0.15, 0.2) is 0 Å². The first-order valence-electron chi connectivity index (χ1n) is 9.80. The first-order chi connectivity index (χ1) is 13.8. The van der Waals surface area contributed by atoms with E-state index in [0.29, 0.717) is 17.6 Å². The van der Waals surface area contributed by atoms with Crippen LogP contribution in [-0.2, 0) is 4.74 Å². The molecule has 2 aromatic rings. The molecule has 0 saturated carbocycles. The van der Waals surface area contributed by atoms with Gasteiger partial charge in [0.1, 0.15) is 17.7 Å². The maximum atomic E-state index is 14.5. The molecule has 4 nitrogen and oxygen atoms in total. The summed E-state index contributed by atoms with van der Waals surface area (Å²) in [6.45, 7) is 0. The number of fused-ring (bicyclic) bond motifs is 2. The zero-order chi connectivity index (χ0) is 20.8. The molecule has 1 N–H and O–H groups in total. The van der Waals surface area contributed by atoms with E-state index in [2.05, 4.69) is 19.4 Å². The van der Waals surface area contributed by atoms with Gasteiger partial charge < -0.3 is 26.2 Å². The second-order valence-corrected chi connectivity index (χ2v) is 8.84. The number of anilines is 1. The molecule has 30 heavy (non-hydrogen) atoms. The molecule has 0 unspecified atom stereocenters. The number of halogens is 4. The summed E-state index contributed by atoms with van der Waals surface area (Å²) in [6, 6.07) is 9.29.